The number of nitrogens with zero attached hydrogens (tertiary/aromatic N) is 2. The van der Waals surface area contributed by atoms with E-state index in [0.29, 0.717) is 0 Å². The van der Waals surface area contributed by atoms with Crippen molar-refractivity contribution in [2.75, 3.05) is 0 Å². The molecular weight excluding hydrogens is 335 g/mol. The maximum absolute atomic E-state index is 5.30. The van der Waals surface area contributed by atoms with Crippen LogP contribution in [0.4, 0.5) is 5.82 Å². The third-order valence-electron chi connectivity index (χ3n) is 4.29. The van der Waals surface area contributed by atoms with Gasteiger partial charge in [-0.15, -0.1) is 0 Å². The maximum atomic E-state index is 5.30. The van der Waals surface area contributed by atoms with Crippen LogP contribution in [0, 0.1) is 0 Å². The van der Waals surface area contributed by atoms with Crippen LogP contribution >= 0.6 is 7.05 Å². The van der Waals surface area contributed by atoms with Crippen LogP contribution in [0.3, 0.4) is 0 Å². The Morgan fingerprint density at radius 2 is 0.923 bits per heavy atom. The third-order valence-corrected chi connectivity index (χ3v) is 7.93. The minimum absolute atomic E-state index is 0.761. The van der Waals surface area contributed by atoms with Crippen LogP contribution in [0.5, 0.6) is 0 Å². The van der Waals surface area contributed by atoms with Gasteiger partial charge in [-0.3, -0.25) is 0 Å². The van der Waals surface area contributed by atoms with Crippen LogP contribution in [0.1, 0.15) is 0 Å². The van der Waals surface area contributed by atoms with Gasteiger partial charge >= 0.3 is 0 Å². The SMILES string of the molecule is c1ccc(P(=Nc2ccccn2)(c2ccccc2)c2ccccc2)cc1. The first kappa shape index (κ1) is 16.5. The molecule has 3 heteroatoms. The molecule has 4 rings (SSSR count). The lowest BCUT2D eigenvalue weighted by atomic mass is 10.4. The number of aromatic nitrogens is 1. The Morgan fingerprint density at radius 1 is 0.500 bits per heavy atom. The fraction of sp³-hybridized carbons (Fsp3) is 0. The van der Waals surface area contributed by atoms with Crippen molar-refractivity contribution in [3.8, 4) is 0 Å². The fourth-order valence-corrected chi connectivity index (χ4v) is 6.60. The molecule has 0 bridgehead atoms. The Labute approximate surface area is 154 Å². The van der Waals surface area contributed by atoms with Gasteiger partial charge in [-0.1, -0.05) is 97.1 Å². The second kappa shape index (κ2) is 7.51. The van der Waals surface area contributed by atoms with E-state index in [0.717, 1.165) is 5.82 Å². The van der Waals surface area contributed by atoms with Crippen LogP contribution in [-0.4, -0.2) is 4.98 Å². The standard InChI is InChI=1S/C23H19N2P/c1-4-12-20(13-5-1)26(21-14-6-2-7-15-21,22-16-8-3-9-17-22)25-23-18-10-11-19-24-23/h1-19H. The highest BCUT2D eigenvalue weighted by molar-refractivity contribution is 7.87. The number of benzene rings is 3. The van der Waals surface area contributed by atoms with Crippen LogP contribution in [0.25, 0.3) is 0 Å². The van der Waals surface area contributed by atoms with E-state index >= 15 is 0 Å². The molecule has 3 aromatic carbocycles. The molecule has 0 aliphatic rings. The van der Waals surface area contributed by atoms with Gasteiger partial charge in [0.2, 0.25) is 0 Å². The molecule has 0 aliphatic heterocycles. The minimum Gasteiger partial charge on any atom is -0.237 e. The average molecular weight is 354 g/mol. The highest BCUT2D eigenvalue weighted by atomic mass is 31.2. The normalized spacial score (nSPS) is 11.1. The van der Waals surface area contributed by atoms with Crippen LogP contribution in [0.2, 0.25) is 0 Å². The summed E-state index contributed by atoms with van der Waals surface area (Å²) in [4.78, 5) is 4.50. The fourth-order valence-electron chi connectivity index (χ4n) is 3.12. The van der Waals surface area contributed by atoms with Crippen molar-refractivity contribution < 1.29 is 0 Å². The summed E-state index contributed by atoms with van der Waals surface area (Å²) in [5.41, 5.74) is 0. The lowest BCUT2D eigenvalue weighted by Crippen LogP contribution is -2.25. The number of pyridine rings is 1. The average Bonchev–Trinajstić information content (AvgIpc) is 2.75. The van der Waals surface area contributed by atoms with Crippen LogP contribution in [-0.2, 0) is 0 Å². The molecular formula is C23H19N2P. The molecule has 126 valence electrons. The second-order valence-corrected chi connectivity index (χ2v) is 8.95. The summed E-state index contributed by atoms with van der Waals surface area (Å²) in [5.74, 6) is 0.761. The van der Waals surface area contributed by atoms with Gasteiger partial charge < -0.3 is 0 Å². The van der Waals surface area contributed by atoms with Gasteiger partial charge in [-0.05, 0) is 12.1 Å². The number of hydrogen-bond donors (Lipinski definition) is 0. The van der Waals surface area contributed by atoms with Crippen molar-refractivity contribution in [1.29, 1.82) is 0 Å². The summed E-state index contributed by atoms with van der Waals surface area (Å²) in [6.45, 7) is 0. The van der Waals surface area contributed by atoms with Gasteiger partial charge in [0.05, 0.1) is 7.05 Å². The monoisotopic (exact) mass is 354 g/mol. The molecule has 0 amide bonds. The second-order valence-electron chi connectivity index (χ2n) is 5.93. The van der Waals surface area contributed by atoms with Crippen LogP contribution in [0.15, 0.2) is 120 Å². The molecule has 0 N–H and O–H groups in total. The quantitative estimate of drug-likeness (QED) is 0.479. The van der Waals surface area contributed by atoms with E-state index in [2.05, 4.69) is 96.0 Å². The van der Waals surface area contributed by atoms with E-state index < -0.39 is 7.05 Å². The molecule has 0 aliphatic carbocycles. The molecule has 1 aromatic heterocycles. The summed E-state index contributed by atoms with van der Waals surface area (Å²) >= 11 is 0. The predicted molar refractivity (Wildman–Crippen MR) is 111 cm³/mol. The first-order valence-electron chi connectivity index (χ1n) is 8.60. The predicted octanol–water partition coefficient (Wildman–Crippen LogP) is 4.89. The Balaban J connectivity index is 2.13. The van der Waals surface area contributed by atoms with Crippen molar-refractivity contribution in [1.82, 2.24) is 4.98 Å². The molecule has 0 spiro atoms. The van der Waals surface area contributed by atoms with E-state index in [9.17, 15) is 0 Å². The van der Waals surface area contributed by atoms with Gasteiger partial charge in [-0.2, -0.15) is 0 Å². The zero-order valence-electron chi connectivity index (χ0n) is 14.3. The molecule has 1 heterocycles. The van der Waals surface area contributed by atoms with E-state index in [1.807, 2.05) is 18.2 Å². The highest BCUT2D eigenvalue weighted by Gasteiger charge is 2.27. The molecule has 0 unspecified atom stereocenters. The first-order valence-corrected chi connectivity index (χ1v) is 10.3. The molecule has 0 fully saturated rings. The molecule has 0 atom stereocenters. The Morgan fingerprint density at radius 3 is 1.31 bits per heavy atom. The summed E-state index contributed by atoms with van der Waals surface area (Å²) in [6.07, 6.45) is 1.80. The first-order chi connectivity index (χ1) is 12.9. The third kappa shape index (κ3) is 3.12. The smallest absolute Gasteiger partial charge is 0.151 e. The van der Waals surface area contributed by atoms with Crippen LogP contribution < -0.4 is 15.9 Å². The lowest BCUT2D eigenvalue weighted by Gasteiger charge is -2.26. The van der Waals surface area contributed by atoms with Crippen molar-refractivity contribution in [3.63, 3.8) is 0 Å². The van der Waals surface area contributed by atoms with Gasteiger partial charge in [0, 0.05) is 22.1 Å². The van der Waals surface area contributed by atoms with E-state index in [1.165, 1.54) is 15.9 Å². The Hall–Kier alpha value is -2.96. The van der Waals surface area contributed by atoms with Gasteiger partial charge in [0.1, 0.15) is 0 Å². The molecule has 26 heavy (non-hydrogen) atoms. The Kier molecular flexibility index (Phi) is 4.77. The Bertz CT molecular complexity index is 911. The van der Waals surface area contributed by atoms with E-state index in [4.69, 9.17) is 4.74 Å². The summed E-state index contributed by atoms with van der Waals surface area (Å²) in [7, 11) is -2.21. The lowest BCUT2D eigenvalue weighted by molar-refractivity contribution is 1.29. The molecule has 2 nitrogen and oxygen atoms in total. The minimum atomic E-state index is -2.21. The number of rotatable bonds is 4. The maximum Gasteiger partial charge on any atom is 0.151 e. The van der Waals surface area contributed by atoms with Crippen molar-refractivity contribution >= 4 is 28.8 Å². The molecule has 4 aromatic rings. The van der Waals surface area contributed by atoms with Gasteiger partial charge in [0.15, 0.2) is 5.82 Å². The summed E-state index contributed by atoms with van der Waals surface area (Å²) in [6, 6.07) is 37.6. The van der Waals surface area contributed by atoms with Gasteiger partial charge in [0.25, 0.3) is 0 Å². The highest BCUT2D eigenvalue weighted by Crippen LogP contribution is 2.48. The molecule has 0 saturated carbocycles. The topological polar surface area (TPSA) is 25.2 Å². The van der Waals surface area contributed by atoms with Crippen molar-refractivity contribution in [2.45, 2.75) is 0 Å². The summed E-state index contributed by atoms with van der Waals surface area (Å²) < 4.78 is 5.30. The number of hydrogen-bond acceptors (Lipinski definition) is 2. The van der Waals surface area contributed by atoms with E-state index in [-0.39, 0.29) is 0 Å². The van der Waals surface area contributed by atoms with Crippen molar-refractivity contribution in [2.24, 2.45) is 4.74 Å². The molecule has 0 saturated heterocycles. The zero-order chi connectivity index (χ0) is 17.7. The zero-order valence-corrected chi connectivity index (χ0v) is 15.2. The summed E-state index contributed by atoms with van der Waals surface area (Å²) in [5, 5.41) is 3.68. The molecule has 0 radical (unpaired) electrons. The van der Waals surface area contributed by atoms with E-state index in [1.54, 1.807) is 6.20 Å². The van der Waals surface area contributed by atoms with Gasteiger partial charge in [-0.25, -0.2) is 9.73 Å². The van der Waals surface area contributed by atoms with Crippen molar-refractivity contribution in [3.05, 3.63) is 115 Å². The largest absolute Gasteiger partial charge is 0.237 e.